The van der Waals surface area contributed by atoms with E-state index in [1.807, 2.05) is 25.1 Å². The van der Waals surface area contributed by atoms with Crippen LogP contribution in [0.25, 0.3) is 0 Å². The monoisotopic (exact) mass is 352 g/mol. The van der Waals surface area contributed by atoms with E-state index in [2.05, 4.69) is 31.3 Å². The van der Waals surface area contributed by atoms with E-state index in [1.165, 1.54) is 20.4 Å². The SMILES string of the molecule is COc1cnc(C(NN)c2ccc(C)cc2Br)c(OC)n1. The van der Waals surface area contributed by atoms with Gasteiger partial charge in [-0.25, -0.2) is 10.4 Å². The summed E-state index contributed by atoms with van der Waals surface area (Å²) in [5.74, 6) is 6.46. The van der Waals surface area contributed by atoms with Crippen LogP contribution in [0.15, 0.2) is 28.9 Å². The number of ether oxygens (including phenoxy) is 2. The Bertz CT molecular complexity index is 636. The van der Waals surface area contributed by atoms with Crippen LogP contribution in [0.1, 0.15) is 22.9 Å². The summed E-state index contributed by atoms with van der Waals surface area (Å²) in [5, 5.41) is 0. The second kappa shape index (κ2) is 6.84. The van der Waals surface area contributed by atoms with Crippen LogP contribution in [0, 0.1) is 6.92 Å². The van der Waals surface area contributed by atoms with Gasteiger partial charge in [-0.3, -0.25) is 5.84 Å². The first kappa shape index (κ1) is 15.7. The predicted molar refractivity (Wildman–Crippen MR) is 83.2 cm³/mol. The van der Waals surface area contributed by atoms with Crippen molar-refractivity contribution in [2.24, 2.45) is 5.84 Å². The minimum Gasteiger partial charge on any atom is -0.480 e. The zero-order chi connectivity index (χ0) is 15.4. The van der Waals surface area contributed by atoms with Crippen LogP contribution in [-0.2, 0) is 0 Å². The van der Waals surface area contributed by atoms with Crippen molar-refractivity contribution < 1.29 is 9.47 Å². The number of nitrogens with one attached hydrogen (secondary N) is 1. The van der Waals surface area contributed by atoms with Crippen molar-refractivity contribution in [3.63, 3.8) is 0 Å². The molecule has 1 unspecified atom stereocenters. The number of hydrogen-bond acceptors (Lipinski definition) is 6. The Kier molecular flexibility index (Phi) is 5.11. The lowest BCUT2D eigenvalue weighted by Crippen LogP contribution is -2.30. The third-order valence-electron chi connectivity index (χ3n) is 3.05. The van der Waals surface area contributed by atoms with Crippen LogP contribution in [0.5, 0.6) is 11.8 Å². The fourth-order valence-corrected chi connectivity index (χ4v) is 2.72. The number of rotatable bonds is 5. The average molecular weight is 353 g/mol. The molecule has 3 N–H and O–H groups in total. The summed E-state index contributed by atoms with van der Waals surface area (Å²) in [5.41, 5.74) is 5.43. The molecule has 1 atom stereocenters. The second-order valence-corrected chi connectivity index (χ2v) is 5.29. The molecule has 1 aromatic heterocycles. The highest BCUT2D eigenvalue weighted by atomic mass is 79.9. The lowest BCUT2D eigenvalue weighted by Gasteiger charge is -2.19. The summed E-state index contributed by atoms with van der Waals surface area (Å²) in [4.78, 5) is 8.59. The van der Waals surface area contributed by atoms with E-state index in [0.29, 0.717) is 17.5 Å². The predicted octanol–water partition coefficient (Wildman–Crippen LogP) is 2.12. The van der Waals surface area contributed by atoms with Gasteiger partial charge < -0.3 is 9.47 Å². The number of hydrogen-bond donors (Lipinski definition) is 2. The molecule has 6 nitrogen and oxygen atoms in total. The first-order valence-corrected chi connectivity index (χ1v) is 7.07. The van der Waals surface area contributed by atoms with Crippen molar-refractivity contribution in [1.29, 1.82) is 0 Å². The topological polar surface area (TPSA) is 82.3 Å². The van der Waals surface area contributed by atoms with Gasteiger partial charge in [0.1, 0.15) is 5.69 Å². The quantitative estimate of drug-likeness (QED) is 0.633. The highest BCUT2D eigenvalue weighted by Gasteiger charge is 2.22. The Morgan fingerprint density at radius 1 is 1.29 bits per heavy atom. The van der Waals surface area contributed by atoms with Gasteiger partial charge in [-0.1, -0.05) is 28.1 Å². The molecule has 2 aromatic rings. The molecule has 112 valence electrons. The summed E-state index contributed by atoms with van der Waals surface area (Å²) in [6, 6.07) is 5.65. The summed E-state index contributed by atoms with van der Waals surface area (Å²) >= 11 is 3.55. The highest BCUT2D eigenvalue weighted by molar-refractivity contribution is 9.10. The van der Waals surface area contributed by atoms with Crippen molar-refractivity contribution in [3.05, 3.63) is 45.7 Å². The van der Waals surface area contributed by atoms with Crippen LogP contribution < -0.4 is 20.7 Å². The van der Waals surface area contributed by atoms with Gasteiger partial charge in [0.25, 0.3) is 0 Å². The largest absolute Gasteiger partial charge is 0.480 e. The first-order valence-electron chi connectivity index (χ1n) is 6.27. The molecule has 0 aliphatic rings. The van der Waals surface area contributed by atoms with Crippen LogP contribution in [0.4, 0.5) is 0 Å². The third-order valence-corrected chi connectivity index (χ3v) is 3.74. The molecule has 1 heterocycles. The number of hydrazine groups is 1. The van der Waals surface area contributed by atoms with Crippen LogP contribution >= 0.6 is 15.9 Å². The number of halogens is 1. The van der Waals surface area contributed by atoms with E-state index in [-0.39, 0.29) is 6.04 Å². The first-order chi connectivity index (χ1) is 10.1. The second-order valence-electron chi connectivity index (χ2n) is 4.43. The molecule has 0 fully saturated rings. The van der Waals surface area contributed by atoms with Crippen molar-refractivity contribution in [3.8, 4) is 11.8 Å². The molecule has 0 spiro atoms. The van der Waals surface area contributed by atoms with E-state index >= 15 is 0 Å². The van der Waals surface area contributed by atoms with Crippen LogP contribution in [0.2, 0.25) is 0 Å². The molecule has 7 heteroatoms. The molecular weight excluding hydrogens is 336 g/mol. The summed E-state index contributed by atoms with van der Waals surface area (Å²) in [6.07, 6.45) is 1.53. The van der Waals surface area contributed by atoms with E-state index in [1.54, 1.807) is 0 Å². The molecule has 0 saturated carbocycles. The van der Waals surface area contributed by atoms with Gasteiger partial charge in [-0.2, -0.15) is 4.98 Å². The molecule has 0 aliphatic heterocycles. The average Bonchev–Trinajstić information content (AvgIpc) is 2.50. The van der Waals surface area contributed by atoms with Crippen LogP contribution in [0.3, 0.4) is 0 Å². The van der Waals surface area contributed by atoms with Gasteiger partial charge >= 0.3 is 0 Å². The van der Waals surface area contributed by atoms with Gasteiger partial charge in [0.15, 0.2) is 0 Å². The van der Waals surface area contributed by atoms with E-state index in [9.17, 15) is 0 Å². The van der Waals surface area contributed by atoms with E-state index in [4.69, 9.17) is 15.3 Å². The number of aryl methyl sites for hydroxylation is 1. The number of benzene rings is 1. The number of nitrogens with two attached hydrogens (primary N) is 1. The smallest absolute Gasteiger partial charge is 0.240 e. The molecule has 0 saturated heterocycles. The normalized spacial score (nSPS) is 12.0. The fourth-order valence-electron chi connectivity index (χ4n) is 2.00. The molecular formula is C14H17BrN4O2. The van der Waals surface area contributed by atoms with Gasteiger partial charge in [-0.15, -0.1) is 0 Å². The van der Waals surface area contributed by atoms with Crippen molar-refractivity contribution in [1.82, 2.24) is 15.4 Å². The zero-order valence-corrected chi connectivity index (χ0v) is 13.6. The van der Waals surface area contributed by atoms with Crippen molar-refractivity contribution in [2.45, 2.75) is 13.0 Å². The molecule has 0 amide bonds. The fraction of sp³-hybridized carbons (Fsp3) is 0.286. The maximum atomic E-state index is 5.71. The molecule has 0 radical (unpaired) electrons. The molecule has 0 bridgehead atoms. The summed E-state index contributed by atoms with van der Waals surface area (Å²) in [7, 11) is 3.06. The van der Waals surface area contributed by atoms with Gasteiger partial charge in [-0.05, 0) is 24.1 Å². The van der Waals surface area contributed by atoms with E-state index < -0.39 is 0 Å². The number of aromatic nitrogens is 2. The molecule has 0 aliphatic carbocycles. The lowest BCUT2D eigenvalue weighted by molar-refractivity contribution is 0.352. The minimum absolute atomic E-state index is 0.353. The van der Waals surface area contributed by atoms with Gasteiger partial charge in [0.05, 0.1) is 26.5 Å². The van der Waals surface area contributed by atoms with Crippen LogP contribution in [-0.4, -0.2) is 24.2 Å². The molecule has 1 aromatic carbocycles. The third kappa shape index (κ3) is 3.31. The Hall–Kier alpha value is -1.70. The Morgan fingerprint density at radius 3 is 2.62 bits per heavy atom. The van der Waals surface area contributed by atoms with E-state index in [0.717, 1.165) is 15.6 Å². The highest BCUT2D eigenvalue weighted by Crippen LogP contribution is 2.32. The standard InChI is InChI=1S/C14H17BrN4O2/c1-8-4-5-9(10(15)6-8)12(19-16)13-14(21-3)18-11(20-2)7-17-13/h4-7,12,19H,16H2,1-3H3. The minimum atomic E-state index is -0.353. The number of methoxy groups -OCH3 is 2. The molecule has 2 rings (SSSR count). The van der Waals surface area contributed by atoms with Crippen molar-refractivity contribution in [2.75, 3.05) is 14.2 Å². The zero-order valence-electron chi connectivity index (χ0n) is 12.1. The van der Waals surface area contributed by atoms with Gasteiger partial charge in [0.2, 0.25) is 11.8 Å². The Balaban J connectivity index is 2.50. The Morgan fingerprint density at radius 2 is 2.05 bits per heavy atom. The summed E-state index contributed by atoms with van der Waals surface area (Å²) < 4.78 is 11.3. The summed E-state index contributed by atoms with van der Waals surface area (Å²) in [6.45, 7) is 2.02. The lowest BCUT2D eigenvalue weighted by atomic mass is 10.0. The maximum Gasteiger partial charge on any atom is 0.240 e. The number of nitrogens with zero attached hydrogens (tertiary/aromatic N) is 2. The van der Waals surface area contributed by atoms with Gasteiger partial charge in [0, 0.05) is 4.47 Å². The van der Waals surface area contributed by atoms with Crippen molar-refractivity contribution >= 4 is 15.9 Å². The Labute approximate surface area is 131 Å². The maximum absolute atomic E-state index is 5.71. The molecule has 21 heavy (non-hydrogen) atoms.